The van der Waals surface area contributed by atoms with Crippen LogP contribution >= 0.6 is 11.6 Å². The van der Waals surface area contributed by atoms with Crippen molar-refractivity contribution in [2.45, 2.75) is 43.4 Å². The molecule has 0 spiro atoms. The van der Waals surface area contributed by atoms with E-state index in [9.17, 15) is 0 Å². The summed E-state index contributed by atoms with van der Waals surface area (Å²) < 4.78 is 5.77. The third-order valence-electron chi connectivity index (χ3n) is 3.83. The molecule has 16 heavy (non-hydrogen) atoms. The molecular weight excluding hydrogens is 220 g/mol. The lowest BCUT2D eigenvalue weighted by Gasteiger charge is -2.28. The van der Waals surface area contributed by atoms with Crippen LogP contribution in [0.25, 0.3) is 0 Å². The zero-order valence-electron chi connectivity index (χ0n) is 9.42. The van der Waals surface area contributed by atoms with Gasteiger partial charge in [0.15, 0.2) is 0 Å². The maximum absolute atomic E-state index is 6.46. The highest BCUT2D eigenvalue weighted by atomic mass is 35.5. The molecule has 1 aromatic rings. The molecule has 0 amide bonds. The minimum Gasteiger partial charge on any atom is -0.493 e. The van der Waals surface area contributed by atoms with Gasteiger partial charge in [-0.1, -0.05) is 31.0 Å². The summed E-state index contributed by atoms with van der Waals surface area (Å²) in [5, 5.41) is 0.296. The average Bonchev–Trinajstić information content (AvgIpc) is 2.77. The molecule has 1 aliphatic carbocycles. The lowest BCUT2D eigenvalue weighted by Crippen LogP contribution is -2.18. The monoisotopic (exact) mass is 236 g/mol. The fourth-order valence-electron chi connectivity index (χ4n) is 2.97. The van der Waals surface area contributed by atoms with Crippen molar-refractivity contribution in [3.63, 3.8) is 0 Å². The minimum absolute atomic E-state index is 0.296. The van der Waals surface area contributed by atoms with Crippen LogP contribution in [0.4, 0.5) is 0 Å². The molecule has 86 valence electrons. The summed E-state index contributed by atoms with van der Waals surface area (Å²) in [7, 11) is 0. The van der Waals surface area contributed by atoms with E-state index in [0.717, 1.165) is 25.2 Å². The molecule has 0 bridgehead atoms. The van der Waals surface area contributed by atoms with Crippen molar-refractivity contribution in [1.82, 2.24) is 0 Å². The van der Waals surface area contributed by atoms with E-state index in [2.05, 4.69) is 18.2 Å². The average molecular weight is 237 g/mol. The van der Waals surface area contributed by atoms with Gasteiger partial charge in [-0.05, 0) is 24.0 Å². The molecule has 2 unspecified atom stereocenters. The Labute approximate surface area is 102 Å². The maximum atomic E-state index is 6.46. The Morgan fingerprint density at radius 2 is 2.06 bits per heavy atom. The first-order valence-corrected chi connectivity index (χ1v) is 6.68. The Balaban J connectivity index is 1.96. The number of fused-ring (bicyclic) bond motifs is 1. The number of ether oxygens (including phenoxy) is 1. The van der Waals surface area contributed by atoms with Gasteiger partial charge in [-0.2, -0.15) is 0 Å². The summed E-state index contributed by atoms with van der Waals surface area (Å²) in [6.07, 6.45) is 6.00. The standard InChI is InChI=1S/C14H17ClO/c15-13-7-2-1-5-11(13)12-6-3-4-10-8-9-16-14(10)12/h3-4,6,11,13H,1-2,5,7-9H2. The number of para-hydroxylation sites is 1. The highest BCUT2D eigenvalue weighted by Gasteiger charge is 2.29. The van der Waals surface area contributed by atoms with Crippen LogP contribution in [0.1, 0.15) is 42.7 Å². The van der Waals surface area contributed by atoms with Crippen LogP contribution in [0.15, 0.2) is 18.2 Å². The molecule has 2 atom stereocenters. The number of alkyl halides is 1. The van der Waals surface area contributed by atoms with Crippen LogP contribution in [-0.2, 0) is 6.42 Å². The van der Waals surface area contributed by atoms with Gasteiger partial charge in [0, 0.05) is 17.7 Å². The summed E-state index contributed by atoms with van der Waals surface area (Å²) in [6.45, 7) is 0.839. The van der Waals surface area contributed by atoms with Gasteiger partial charge in [-0.15, -0.1) is 11.6 Å². The first-order valence-electron chi connectivity index (χ1n) is 6.25. The molecule has 1 fully saturated rings. The van der Waals surface area contributed by atoms with Gasteiger partial charge in [0.05, 0.1) is 6.61 Å². The van der Waals surface area contributed by atoms with E-state index >= 15 is 0 Å². The molecule has 2 heteroatoms. The maximum Gasteiger partial charge on any atom is 0.126 e. The number of rotatable bonds is 1. The fourth-order valence-corrected chi connectivity index (χ4v) is 3.38. The van der Waals surface area contributed by atoms with E-state index in [1.54, 1.807) is 0 Å². The summed E-state index contributed by atoms with van der Waals surface area (Å²) in [5.41, 5.74) is 2.72. The van der Waals surface area contributed by atoms with Gasteiger partial charge in [0.1, 0.15) is 5.75 Å². The summed E-state index contributed by atoms with van der Waals surface area (Å²) >= 11 is 6.46. The van der Waals surface area contributed by atoms with Crippen molar-refractivity contribution in [1.29, 1.82) is 0 Å². The predicted molar refractivity (Wildman–Crippen MR) is 66.5 cm³/mol. The second-order valence-electron chi connectivity index (χ2n) is 4.84. The van der Waals surface area contributed by atoms with Gasteiger partial charge in [-0.25, -0.2) is 0 Å². The molecule has 0 N–H and O–H groups in total. The molecule has 1 heterocycles. The number of hydrogen-bond acceptors (Lipinski definition) is 1. The Morgan fingerprint density at radius 3 is 2.94 bits per heavy atom. The van der Waals surface area contributed by atoms with E-state index in [4.69, 9.17) is 16.3 Å². The molecule has 3 rings (SSSR count). The Hall–Kier alpha value is -0.690. The third-order valence-corrected chi connectivity index (χ3v) is 4.35. The van der Waals surface area contributed by atoms with E-state index in [1.807, 2.05) is 0 Å². The van der Waals surface area contributed by atoms with Crippen molar-refractivity contribution >= 4 is 11.6 Å². The number of benzene rings is 1. The normalized spacial score (nSPS) is 28.6. The molecular formula is C14H17ClO. The van der Waals surface area contributed by atoms with Crippen molar-refractivity contribution < 1.29 is 4.74 Å². The van der Waals surface area contributed by atoms with Crippen LogP contribution in [0.2, 0.25) is 0 Å². The first-order chi connectivity index (χ1) is 7.86. The molecule has 1 saturated carbocycles. The van der Waals surface area contributed by atoms with E-state index < -0.39 is 0 Å². The number of hydrogen-bond donors (Lipinski definition) is 0. The lowest BCUT2D eigenvalue weighted by atomic mass is 9.82. The second-order valence-corrected chi connectivity index (χ2v) is 5.40. The lowest BCUT2D eigenvalue weighted by molar-refractivity contribution is 0.345. The molecule has 1 aromatic carbocycles. The Kier molecular flexibility index (Phi) is 2.81. The Bertz CT molecular complexity index is 388. The van der Waals surface area contributed by atoms with Crippen molar-refractivity contribution in [2.24, 2.45) is 0 Å². The molecule has 0 saturated heterocycles. The highest BCUT2D eigenvalue weighted by Crippen LogP contribution is 2.42. The summed E-state index contributed by atoms with van der Waals surface area (Å²) in [6, 6.07) is 6.54. The topological polar surface area (TPSA) is 9.23 Å². The van der Waals surface area contributed by atoms with Crippen LogP contribution in [0.3, 0.4) is 0 Å². The Morgan fingerprint density at radius 1 is 1.19 bits per heavy atom. The van der Waals surface area contributed by atoms with Crippen LogP contribution in [0, 0.1) is 0 Å². The van der Waals surface area contributed by atoms with E-state index in [1.165, 1.54) is 30.4 Å². The van der Waals surface area contributed by atoms with Crippen molar-refractivity contribution in [3.05, 3.63) is 29.3 Å². The second kappa shape index (κ2) is 4.29. The molecule has 0 radical (unpaired) electrons. The molecule has 1 aliphatic heterocycles. The third kappa shape index (κ3) is 1.71. The fraction of sp³-hybridized carbons (Fsp3) is 0.571. The molecule has 0 aromatic heterocycles. The van der Waals surface area contributed by atoms with Gasteiger partial charge >= 0.3 is 0 Å². The van der Waals surface area contributed by atoms with Gasteiger partial charge in [0.25, 0.3) is 0 Å². The molecule has 1 nitrogen and oxygen atoms in total. The summed E-state index contributed by atoms with van der Waals surface area (Å²) in [4.78, 5) is 0. The molecule has 2 aliphatic rings. The number of halogens is 1. The van der Waals surface area contributed by atoms with Crippen LogP contribution < -0.4 is 4.74 Å². The predicted octanol–water partition coefficient (Wildman–Crippen LogP) is 3.89. The zero-order valence-corrected chi connectivity index (χ0v) is 10.2. The van der Waals surface area contributed by atoms with E-state index in [-0.39, 0.29) is 0 Å². The highest BCUT2D eigenvalue weighted by molar-refractivity contribution is 6.21. The van der Waals surface area contributed by atoms with Crippen LogP contribution in [-0.4, -0.2) is 12.0 Å². The quantitative estimate of drug-likeness (QED) is 0.673. The van der Waals surface area contributed by atoms with Crippen molar-refractivity contribution in [3.8, 4) is 5.75 Å². The van der Waals surface area contributed by atoms with Crippen LogP contribution in [0.5, 0.6) is 5.75 Å². The summed E-state index contributed by atoms with van der Waals surface area (Å²) in [5.74, 6) is 1.64. The largest absolute Gasteiger partial charge is 0.493 e. The van der Waals surface area contributed by atoms with Crippen molar-refractivity contribution in [2.75, 3.05) is 6.61 Å². The van der Waals surface area contributed by atoms with Gasteiger partial charge in [0.2, 0.25) is 0 Å². The smallest absolute Gasteiger partial charge is 0.126 e. The SMILES string of the molecule is ClC1CCCCC1c1cccc2c1OCC2. The zero-order chi connectivity index (χ0) is 11.0. The van der Waals surface area contributed by atoms with Gasteiger partial charge in [-0.3, -0.25) is 0 Å². The minimum atomic E-state index is 0.296. The van der Waals surface area contributed by atoms with E-state index in [0.29, 0.717) is 11.3 Å². The first kappa shape index (κ1) is 10.5. The van der Waals surface area contributed by atoms with Gasteiger partial charge < -0.3 is 4.74 Å².